The van der Waals surface area contributed by atoms with E-state index in [-0.39, 0.29) is 0 Å². The van der Waals surface area contributed by atoms with Gasteiger partial charge in [-0.1, -0.05) is 30.3 Å². The number of hydrogen-bond donors (Lipinski definition) is 2. The third-order valence-corrected chi connectivity index (χ3v) is 4.77. The van der Waals surface area contributed by atoms with Crippen molar-refractivity contribution in [3.05, 3.63) is 60.4 Å². The summed E-state index contributed by atoms with van der Waals surface area (Å²) in [4.78, 5) is 13.9. The van der Waals surface area contributed by atoms with Crippen LogP contribution >= 0.6 is 0 Å². The van der Waals surface area contributed by atoms with Crippen LogP contribution in [0.2, 0.25) is 0 Å². The zero-order valence-corrected chi connectivity index (χ0v) is 15.0. The van der Waals surface area contributed by atoms with Crippen molar-refractivity contribution in [3.63, 3.8) is 0 Å². The number of likely N-dealkylation sites (N-methyl/N-ethyl adjacent to an activating group) is 1. The van der Waals surface area contributed by atoms with Crippen molar-refractivity contribution in [1.29, 1.82) is 0 Å². The minimum atomic E-state index is 0.659. The molecule has 0 atom stereocenters. The van der Waals surface area contributed by atoms with Crippen molar-refractivity contribution in [2.45, 2.75) is 0 Å². The molecular formula is C20H24N6. The summed E-state index contributed by atoms with van der Waals surface area (Å²) < 4.78 is 0. The standard InChI is InChI=1S/C20H24N6/c1-25-9-11-26(12-10-25)19-8-7-18(15-21-19)24-20-22-13-17(14-23-20)16-5-3-2-4-6-16/h2-8,13,15H,9-12,14H2,1H3,(H2,22,23,24). The first-order valence-corrected chi connectivity index (χ1v) is 9.00. The van der Waals surface area contributed by atoms with Crippen molar-refractivity contribution in [1.82, 2.24) is 15.2 Å². The SMILES string of the molecule is CN1CCN(c2ccc(NC3=NCC(c4ccccc4)=CN3)cn2)CC1. The van der Waals surface area contributed by atoms with Crippen LogP contribution < -0.4 is 15.5 Å². The van der Waals surface area contributed by atoms with Gasteiger partial charge in [-0.05, 0) is 30.3 Å². The Morgan fingerprint density at radius 1 is 1.00 bits per heavy atom. The second kappa shape index (κ2) is 7.58. The van der Waals surface area contributed by atoms with Crippen LogP contribution in [-0.4, -0.2) is 55.6 Å². The molecule has 1 fully saturated rings. The quantitative estimate of drug-likeness (QED) is 0.891. The highest BCUT2D eigenvalue weighted by Gasteiger charge is 2.15. The molecule has 6 heteroatoms. The Balaban J connectivity index is 1.34. The maximum Gasteiger partial charge on any atom is 0.200 e. The Labute approximate surface area is 154 Å². The fourth-order valence-electron chi connectivity index (χ4n) is 3.13. The molecule has 134 valence electrons. The summed E-state index contributed by atoms with van der Waals surface area (Å²) in [5.41, 5.74) is 3.31. The van der Waals surface area contributed by atoms with Crippen molar-refractivity contribution < 1.29 is 0 Å². The molecule has 1 saturated heterocycles. The van der Waals surface area contributed by atoms with Crippen molar-refractivity contribution in [2.24, 2.45) is 4.99 Å². The molecule has 0 spiro atoms. The van der Waals surface area contributed by atoms with E-state index in [2.05, 4.69) is 61.7 Å². The lowest BCUT2D eigenvalue weighted by Gasteiger charge is -2.33. The number of hydrogen-bond acceptors (Lipinski definition) is 6. The number of pyridine rings is 1. The highest BCUT2D eigenvalue weighted by Crippen LogP contribution is 2.18. The van der Waals surface area contributed by atoms with Gasteiger partial charge < -0.3 is 20.4 Å². The van der Waals surface area contributed by atoms with E-state index in [0.717, 1.165) is 43.6 Å². The number of nitrogens with one attached hydrogen (secondary N) is 2. The van der Waals surface area contributed by atoms with Gasteiger partial charge >= 0.3 is 0 Å². The van der Waals surface area contributed by atoms with Gasteiger partial charge in [0.2, 0.25) is 0 Å². The Morgan fingerprint density at radius 2 is 1.81 bits per heavy atom. The van der Waals surface area contributed by atoms with E-state index in [4.69, 9.17) is 0 Å². The molecule has 0 unspecified atom stereocenters. The number of guanidine groups is 1. The number of aromatic nitrogens is 1. The Morgan fingerprint density at radius 3 is 2.46 bits per heavy atom. The molecule has 6 nitrogen and oxygen atoms in total. The van der Waals surface area contributed by atoms with E-state index in [9.17, 15) is 0 Å². The summed E-state index contributed by atoms with van der Waals surface area (Å²) in [5, 5.41) is 6.53. The number of rotatable bonds is 3. The normalized spacial score (nSPS) is 18.0. The predicted molar refractivity (Wildman–Crippen MR) is 107 cm³/mol. The molecule has 2 aliphatic rings. The first kappa shape index (κ1) is 16.6. The minimum Gasteiger partial charge on any atom is -0.354 e. The number of nitrogens with zero attached hydrogens (tertiary/aromatic N) is 4. The number of piperazine rings is 1. The smallest absolute Gasteiger partial charge is 0.200 e. The molecule has 3 heterocycles. The summed E-state index contributed by atoms with van der Waals surface area (Å²) in [5.74, 6) is 1.78. The summed E-state index contributed by atoms with van der Waals surface area (Å²) in [6.45, 7) is 4.87. The van der Waals surface area contributed by atoms with Gasteiger partial charge in [0, 0.05) is 32.4 Å². The van der Waals surface area contributed by atoms with E-state index in [1.54, 1.807) is 0 Å². The van der Waals surface area contributed by atoms with E-state index in [1.807, 2.05) is 30.6 Å². The lowest BCUT2D eigenvalue weighted by Crippen LogP contribution is -2.44. The third kappa shape index (κ3) is 3.86. The first-order chi connectivity index (χ1) is 12.8. The first-order valence-electron chi connectivity index (χ1n) is 9.00. The van der Waals surface area contributed by atoms with Gasteiger partial charge in [-0.25, -0.2) is 9.98 Å². The van der Waals surface area contributed by atoms with Crippen LogP contribution in [0.4, 0.5) is 11.5 Å². The average molecular weight is 348 g/mol. The third-order valence-electron chi connectivity index (χ3n) is 4.77. The minimum absolute atomic E-state index is 0.659. The van der Waals surface area contributed by atoms with E-state index >= 15 is 0 Å². The van der Waals surface area contributed by atoms with Crippen molar-refractivity contribution >= 4 is 23.0 Å². The van der Waals surface area contributed by atoms with Gasteiger partial charge in [-0.2, -0.15) is 0 Å². The molecule has 1 aromatic carbocycles. The summed E-state index contributed by atoms with van der Waals surface area (Å²) >= 11 is 0. The highest BCUT2D eigenvalue weighted by atomic mass is 15.3. The fraction of sp³-hybridized carbons (Fsp3) is 0.300. The van der Waals surface area contributed by atoms with Crippen LogP contribution in [0.25, 0.3) is 5.57 Å². The van der Waals surface area contributed by atoms with Crippen LogP contribution in [0.15, 0.2) is 59.9 Å². The van der Waals surface area contributed by atoms with E-state index < -0.39 is 0 Å². The molecule has 26 heavy (non-hydrogen) atoms. The molecule has 0 aliphatic carbocycles. The predicted octanol–water partition coefficient (Wildman–Crippen LogP) is 2.25. The second-order valence-electron chi connectivity index (χ2n) is 6.67. The van der Waals surface area contributed by atoms with Gasteiger partial charge in [0.15, 0.2) is 5.96 Å². The molecule has 0 bridgehead atoms. The van der Waals surface area contributed by atoms with Crippen LogP contribution in [0.3, 0.4) is 0 Å². The summed E-state index contributed by atoms with van der Waals surface area (Å²) in [6, 6.07) is 14.4. The van der Waals surface area contributed by atoms with Crippen LogP contribution in [0.5, 0.6) is 0 Å². The lowest BCUT2D eigenvalue weighted by atomic mass is 10.1. The highest BCUT2D eigenvalue weighted by molar-refractivity contribution is 5.96. The number of aliphatic imine (C=N–C) groups is 1. The molecule has 0 radical (unpaired) electrons. The molecule has 0 saturated carbocycles. The largest absolute Gasteiger partial charge is 0.354 e. The van der Waals surface area contributed by atoms with Crippen LogP contribution in [0, 0.1) is 0 Å². The number of benzene rings is 1. The Hall–Kier alpha value is -2.86. The van der Waals surface area contributed by atoms with E-state index in [0.29, 0.717) is 6.54 Å². The van der Waals surface area contributed by atoms with E-state index in [1.165, 1.54) is 11.1 Å². The fourth-order valence-corrected chi connectivity index (χ4v) is 3.13. The maximum absolute atomic E-state index is 4.60. The monoisotopic (exact) mass is 348 g/mol. The van der Waals surface area contributed by atoms with Gasteiger partial charge in [-0.15, -0.1) is 0 Å². The van der Waals surface area contributed by atoms with Crippen molar-refractivity contribution in [2.75, 3.05) is 50.0 Å². The molecular weight excluding hydrogens is 324 g/mol. The van der Waals surface area contributed by atoms with Crippen molar-refractivity contribution in [3.8, 4) is 0 Å². The molecule has 2 N–H and O–H groups in total. The topological polar surface area (TPSA) is 55.8 Å². The molecule has 4 rings (SSSR count). The summed E-state index contributed by atoms with van der Waals surface area (Å²) in [6.07, 6.45) is 3.88. The molecule has 2 aliphatic heterocycles. The lowest BCUT2D eigenvalue weighted by molar-refractivity contribution is 0.312. The second-order valence-corrected chi connectivity index (χ2v) is 6.67. The van der Waals surface area contributed by atoms with Gasteiger partial charge in [0.05, 0.1) is 18.4 Å². The van der Waals surface area contributed by atoms with Crippen LogP contribution in [-0.2, 0) is 0 Å². The molecule has 0 amide bonds. The zero-order valence-electron chi connectivity index (χ0n) is 15.0. The maximum atomic E-state index is 4.60. The van der Waals surface area contributed by atoms with Gasteiger partial charge in [0.25, 0.3) is 0 Å². The van der Waals surface area contributed by atoms with Crippen LogP contribution in [0.1, 0.15) is 5.56 Å². The number of anilines is 2. The summed E-state index contributed by atoms with van der Waals surface area (Å²) in [7, 11) is 2.16. The molecule has 2 aromatic rings. The Kier molecular flexibility index (Phi) is 4.84. The Bertz CT molecular complexity index is 789. The molecule has 1 aromatic heterocycles. The average Bonchev–Trinajstić information content (AvgIpc) is 2.71. The van der Waals surface area contributed by atoms with Gasteiger partial charge in [0.1, 0.15) is 5.82 Å². The zero-order chi connectivity index (χ0) is 17.8. The van der Waals surface area contributed by atoms with Gasteiger partial charge in [-0.3, -0.25) is 0 Å².